The lowest BCUT2D eigenvalue weighted by atomic mass is 9.85. The van der Waals surface area contributed by atoms with Crippen LogP contribution in [0.2, 0.25) is 0 Å². The van der Waals surface area contributed by atoms with Crippen molar-refractivity contribution < 1.29 is 14.7 Å². The van der Waals surface area contributed by atoms with Crippen molar-refractivity contribution in [3.8, 4) is 0 Å². The summed E-state index contributed by atoms with van der Waals surface area (Å²) in [5.41, 5.74) is 2.70. The topological polar surface area (TPSA) is 72.9 Å². The van der Waals surface area contributed by atoms with Crippen LogP contribution in [0.4, 0.5) is 0 Å². The van der Waals surface area contributed by atoms with Gasteiger partial charge in [0, 0.05) is 44.8 Å². The molecule has 1 amide bonds. The molecule has 33 heavy (non-hydrogen) atoms. The van der Waals surface area contributed by atoms with E-state index in [0.29, 0.717) is 18.7 Å². The van der Waals surface area contributed by atoms with E-state index >= 15 is 0 Å². The van der Waals surface area contributed by atoms with Gasteiger partial charge in [-0.3, -0.25) is 14.5 Å². The number of nitrogens with one attached hydrogen (secondary N) is 1. The number of aliphatic hydroxyl groups excluding tert-OH is 1. The van der Waals surface area contributed by atoms with Crippen molar-refractivity contribution in [1.82, 2.24) is 15.1 Å². The first-order valence-corrected chi connectivity index (χ1v) is 11.6. The number of likely N-dealkylation sites (tertiary alicyclic amines) is 1. The number of aliphatic hydroxyl groups is 1. The maximum atomic E-state index is 13.2. The third-order valence-corrected chi connectivity index (χ3v) is 6.55. The molecule has 174 valence electrons. The van der Waals surface area contributed by atoms with Gasteiger partial charge in [0.1, 0.15) is 5.76 Å². The minimum Gasteiger partial charge on any atom is -0.507 e. The minimum absolute atomic E-state index is 0.00727. The molecule has 0 aliphatic carbocycles. The number of hydrogen-bond donors (Lipinski definition) is 2. The first-order valence-electron chi connectivity index (χ1n) is 11.6. The molecule has 1 atom stereocenters. The molecule has 0 aromatic heterocycles. The molecule has 2 saturated heterocycles. The Morgan fingerprint density at radius 1 is 0.970 bits per heavy atom. The summed E-state index contributed by atoms with van der Waals surface area (Å²) in [7, 11) is 0. The van der Waals surface area contributed by atoms with Gasteiger partial charge in [0.25, 0.3) is 11.7 Å². The summed E-state index contributed by atoms with van der Waals surface area (Å²) < 4.78 is 0. The Kier molecular flexibility index (Phi) is 6.68. The van der Waals surface area contributed by atoms with E-state index in [9.17, 15) is 14.7 Å². The predicted molar refractivity (Wildman–Crippen MR) is 130 cm³/mol. The highest BCUT2D eigenvalue weighted by Crippen LogP contribution is 2.39. The third kappa shape index (κ3) is 4.87. The van der Waals surface area contributed by atoms with Gasteiger partial charge in [-0.1, -0.05) is 75.4 Å². The normalized spacial score (nSPS) is 21.5. The van der Waals surface area contributed by atoms with E-state index in [-0.39, 0.29) is 16.7 Å². The van der Waals surface area contributed by atoms with E-state index in [2.05, 4.69) is 31.0 Å². The first kappa shape index (κ1) is 23.2. The largest absolute Gasteiger partial charge is 0.507 e. The molecule has 0 bridgehead atoms. The number of piperazine rings is 1. The van der Waals surface area contributed by atoms with Crippen LogP contribution in [0.5, 0.6) is 0 Å². The highest BCUT2D eigenvalue weighted by atomic mass is 16.3. The predicted octanol–water partition coefficient (Wildman–Crippen LogP) is 3.31. The van der Waals surface area contributed by atoms with Crippen LogP contribution in [0.1, 0.15) is 43.5 Å². The van der Waals surface area contributed by atoms with Gasteiger partial charge in [0.15, 0.2) is 0 Å². The molecule has 4 rings (SSSR count). The quantitative estimate of drug-likeness (QED) is 0.418. The number of Topliss-reactive ketones (excluding diaryl/α,β-unsaturated/α-hetero) is 1. The smallest absolute Gasteiger partial charge is 0.295 e. The van der Waals surface area contributed by atoms with Gasteiger partial charge in [-0.2, -0.15) is 0 Å². The molecule has 0 spiro atoms. The summed E-state index contributed by atoms with van der Waals surface area (Å²) in [5.74, 6) is -1.29. The Morgan fingerprint density at radius 3 is 2.21 bits per heavy atom. The maximum absolute atomic E-state index is 13.2. The Balaban J connectivity index is 1.73. The van der Waals surface area contributed by atoms with Crippen molar-refractivity contribution in [3.63, 3.8) is 0 Å². The molecule has 2 heterocycles. The molecular formula is C27H33N3O3. The number of carbonyl (C=O) groups is 2. The number of benzene rings is 2. The molecule has 0 saturated carbocycles. The lowest BCUT2D eigenvalue weighted by Crippen LogP contribution is -2.46. The van der Waals surface area contributed by atoms with E-state index in [4.69, 9.17) is 0 Å². The van der Waals surface area contributed by atoms with Crippen molar-refractivity contribution >= 4 is 17.4 Å². The Bertz CT molecular complexity index is 1030. The summed E-state index contributed by atoms with van der Waals surface area (Å²) in [4.78, 5) is 30.2. The second-order valence-corrected chi connectivity index (χ2v) is 9.82. The number of amides is 1. The van der Waals surface area contributed by atoms with E-state index in [1.165, 1.54) is 5.56 Å². The van der Waals surface area contributed by atoms with Gasteiger partial charge in [0.05, 0.1) is 11.6 Å². The van der Waals surface area contributed by atoms with Gasteiger partial charge in [-0.25, -0.2) is 0 Å². The summed E-state index contributed by atoms with van der Waals surface area (Å²) >= 11 is 0. The second kappa shape index (κ2) is 9.49. The molecule has 6 heteroatoms. The van der Waals surface area contributed by atoms with Crippen LogP contribution in [0.25, 0.3) is 5.76 Å². The second-order valence-electron chi connectivity index (χ2n) is 9.82. The third-order valence-electron chi connectivity index (χ3n) is 6.55. The van der Waals surface area contributed by atoms with Gasteiger partial charge >= 0.3 is 0 Å². The highest BCUT2D eigenvalue weighted by molar-refractivity contribution is 6.46. The zero-order chi connectivity index (χ0) is 23.6. The number of nitrogens with zero attached hydrogens (tertiary/aromatic N) is 2. The fraction of sp³-hybridized carbons (Fsp3) is 0.407. The van der Waals surface area contributed by atoms with Crippen molar-refractivity contribution in [2.24, 2.45) is 0 Å². The van der Waals surface area contributed by atoms with Crippen LogP contribution >= 0.6 is 0 Å². The van der Waals surface area contributed by atoms with E-state index in [1.54, 1.807) is 17.0 Å². The Hall–Kier alpha value is -2.96. The van der Waals surface area contributed by atoms with Crippen LogP contribution in [0.3, 0.4) is 0 Å². The number of carbonyl (C=O) groups excluding carboxylic acids is 2. The standard InChI is InChI=1S/C27H33N3O3/c1-27(2,3)21-11-9-19(10-12-21)23-22(24(31)20-7-5-4-6-8-20)25(32)26(33)30(23)18-17-29-15-13-28-14-16-29/h4-12,23,28,31H,13-18H2,1-3H3/t23-/m0/s1. The van der Waals surface area contributed by atoms with Gasteiger partial charge < -0.3 is 15.3 Å². The van der Waals surface area contributed by atoms with Crippen LogP contribution < -0.4 is 5.32 Å². The Labute approximate surface area is 195 Å². The number of rotatable bonds is 5. The highest BCUT2D eigenvalue weighted by Gasteiger charge is 2.46. The summed E-state index contributed by atoms with van der Waals surface area (Å²) in [6.45, 7) is 11.2. The van der Waals surface area contributed by atoms with Gasteiger partial charge in [0.2, 0.25) is 0 Å². The van der Waals surface area contributed by atoms with Crippen molar-refractivity contribution in [2.75, 3.05) is 39.3 Å². The van der Waals surface area contributed by atoms with E-state index in [0.717, 1.165) is 31.7 Å². The molecule has 2 aliphatic rings. The first-order chi connectivity index (χ1) is 15.8. The van der Waals surface area contributed by atoms with E-state index < -0.39 is 17.7 Å². The van der Waals surface area contributed by atoms with Crippen LogP contribution in [-0.2, 0) is 15.0 Å². The fourth-order valence-electron chi connectivity index (χ4n) is 4.56. The SMILES string of the molecule is CC(C)(C)c1ccc([C@H]2C(=C(O)c3ccccc3)C(=O)C(=O)N2CCN2CCNCC2)cc1. The molecule has 2 aliphatic heterocycles. The van der Waals surface area contributed by atoms with Crippen LogP contribution in [0, 0.1) is 0 Å². The molecule has 2 aromatic carbocycles. The molecule has 0 radical (unpaired) electrons. The molecule has 2 fully saturated rings. The van der Waals surface area contributed by atoms with Crippen LogP contribution in [-0.4, -0.2) is 65.9 Å². The van der Waals surface area contributed by atoms with Crippen molar-refractivity contribution in [3.05, 3.63) is 76.9 Å². The average molecular weight is 448 g/mol. The van der Waals surface area contributed by atoms with Crippen molar-refractivity contribution in [2.45, 2.75) is 32.2 Å². The lowest BCUT2D eigenvalue weighted by Gasteiger charge is -2.31. The van der Waals surface area contributed by atoms with Gasteiger partial charge in [-0.15, -0.1) is 0 Å². The lowest BCUT2D eigenvalue weighted by molar-refractivity contribution is -0.140. The monoisotopic (exact) mass is 447 g/mol. The minimum atomic E-state index is -0.624. The molecular weight excluding hydrogens is 414 g/mol. The molecule has 2 N–H and O–H groups in total. The fourth-order valence-corrected chi connectivity index (χ4v) is 4.56. The average Bonchev–Trinajstić information content (AvgIpc) is 3.08. The summed E-state index contributed by atoms with van der Waals surface area (Å²) in [6.07, 6.45) is 0. The van der Waals surface area contributed by atoms with Gasteiger partial charge in [-0.05, 0) is 16.5 Å². The molecule has 0 unspecified atom stereocenters. The zero-order valence-electron chi connectivity index (χ0n) is 19.7. The van der Waals surface area contributed by atoms with E-state index in [1.807, 2.05) is 42.5 Å². The maximum Gasteiger partial charge on any atom is 0.295 e. The number of ketones is 1. The van der Waals surface area contributed by atoms with Crippen molar-refractivity contribution in [1.29, 1.82) is 0 Å². The summed E-state index contributed by atoms with van der Waals surface area (Å²) in [6, 6.07) is 16.4. The Morgan fingerprint density at radius 2 is 1.61 bits per heavy atom. The molecule has 2 aromatic rings. The zero-order valence-corrected chi connectivity index (χ0v) is 19.7. The number of hydrogen-bond acceptors (Lipinski definition) is 5. The molecule has 6 nitrogen and oxygen atoms in total. The summed E-state index contributed by atoms with van der Waals surface area (Å²) in [5, 5.41) is 14.5. The van der Waals surface area contributed by atoms with Crippen LogP contribution in [0.15, 0.2) is 60.2 Å².